The molecule has 0 bridgehead atoms. The van der Waals surface area contributed by atoms with Crippen LogP contribution in [-0.4, -0.2) is 59.3 Å². The van der Waals surface area contributed by atoms with E-state index in [1.807, 2.05) is 0 Å². The van der Waals surface area contributed by atoms with E-state index in [-0.39, 0.29) is 19.8 Å². The van der Waals surface area contributed by atoms with Crippen LogP contribution in [0.3, 0.4) is 0 Å². The van der Waals surface area contributed by atoms with Crippen molar-refractivity contribution in [3.05, 3.63) is 20.9 Å². The van der Waals surface area contributed by atoms with E-state index in [9.17, 15) is 8.42 Å². The fourth-order valence-corrected chi connectivity index (χ4v) is 1.51. The Morgan fingerprint density at radius 3 is 2.00 bits per heavy atom. The minimum absolute atomic E-state index is 0.0673. The van der Waals surface area contributed by atoms with Crippen molar-refractivity contribution in [3.63, 3.8) is 0 Å². The molecule has 0 saturated carbocycles. The lowest BCUT2D eigenvalue weighted by Gasteiger charge is -1.96. The molecule has 1 aliphatic heterocycles. The van der Waals surface area contributed by atoms with Gasteiger partial charge >= 0.3 is 0 Å². The summed E-state index contributed by atoms with van der Waals surface area (Å²) in [7, 11) is -3.35. The number of ether oxygens (including phenoxy) is 1. The number of aliphatic hydroxyl groups excluding tert-OH is 1. The number of hydrogen-bond donors (Lipinski definition) is 1. The number of nitrogens with zero attached hydrogens (tertiary/aromatic N) is 6. The van der Waals surface area contributed by atoms with Crippen molar-refractivity contribution < 1.29 is 22.4 Å². The Hall–Kier alpha value is -1.55. The van der Waals surface area contributed by atoms with Gasteiger partial charge < -0.3 is 9.84 Å². The summed E-state index contributed by atoms with van der Waals surface area (Å²) in [5.74, 6) is 0. The maximum absolute atomic E-state index is 10.3. The molecular weight excluding hydrogens is 328 g/mol. The van der Waals surface area contributed by atoms with Gasteiger partial charge in [-0.1, -0.05) is 10.2 Å². The van der Waals surface area contributed by atoms with E-state index < -0.39 is 10.1 Å². The molecule has 0 atom stereocenters. The zero-order valence-electron chi connectivity index (χ0n) is 13.2. The van der Waals surface area contributed by atoms with Crippen molar-refractivity contribution in [2.24, 2.45) is 10.2 Å². The first-order valence-electron chi connectivity index (χ1n) is 7.02. The minimum Gasteiger partial charge on any atom is -0.396 e. The summed E-state index contributed by atoms with van der Waals surface area (Å²) in [6.45, 7) is 2.82. The number of azide groups is 2. The molecule has 0 aromatic rings. The molecule has 0 aromatic carbocycles. The first-order chi connectivity index (χ1) is 11.0. The molecule has 0 spiro atoms. The fourth-order valence-electron chi connectivity index (χ4n) is 1.09. The Morgan fingerprint density at radius 2 is 1.65 bits per heavy atom. The highest BCUT2D eigenvalue weighted by Crippen LogP contribution is 1.98. The average Bonchev–Trinajstić information content (AvgIpc) is 3.07. The summed E-state index contributed by atoms with van der Waals surface area (Å²) < 4.78 is 30.0. The third-order valence-corrected chi connectivity index (χ3v) is 2.66. The molecule has 0 amide bonds. The summed E-state index contributed by atoms with van der Waals surface area (Å²) in [6, 6.07) is 0. The number of hydrogen-bond acceptors (Lipinski definition) is 7. The molecule has 23 heavy (non-hydrogen) atoms. The van der Waals surface area contributed by atoms with Crippen LogP contribution in [0.5, 0.6) is 0 Å². The summed E-state index contributed by atoms with van der Waals surface area (Å²) in [5, 5.41) is 14.5. The second kappa shape index (κ2) is 18.5. The highest BCUT2D eigenvalue weighted by atomic mass is 32.2. The fraction of sp³-hybridized carbons (Fsp3) is 1.00. The molecule has 1 saturated heterocycles. The minimum atomic E-state index is -3.35. The van der Waals surface area contributed by atoms with E-state index in [1.54, 1.807) is 0 Å². The van der Waals surface area contributed by atoms with Gasteiger partial charge in [-0.2, -0.15) is 8.42 Å². The zero-order chi connectivity index (χ0) is 17.8. The lowest BCUT2D eigenvalue weighted by Crippen LogP contribution is -2.04. The molecule has 0 unspecified atom stereocenters. The molecule has 1 heterocycles. The Morgan fingerprint density at radius 1 is 1.13 bits per heavy atom. The first kappa shape index (κ1) is 23.7. The van der Waals surface area contributed by atoms with Crippen molar-refractivity contribution in [1.29, 1.82) is 0 Å². The van der Waals surface area contributed by atoms with Crippen LogP contribution in [0.1, 0.15) is 25.7 Å². The van der Waals surface area contributed by atoms with Crippen LogP contribution in [0.25, 0.3) is 20.9 Å². The van der Waals surface area contributed by atoms with E-state index in [0.717, 1.165) is 19.5 Å². The van der Waals surface area contributed by atoms with Crippen LogP contribution >= 0.6 is 0 Å². The van der Waals surface area contributed by atoms with Crippen molar-refractivity contribution in [2.75, 3.05) is 45.8 Å². The second-order valence-corrected chi connectivity index (χ2v) is 5.83. The van der Waals surface area contributed by atoms with Gasteiger partial charge in [0.1, 0.15) is 0 Å². The van der Waals surface area contributed by atoms with Crippen molar-refractivity contribution in [3.8, 4) is 0 Å². The average molecular weight is 352 g/mol. The first-order valence-corrected chi connectivity index (χ1v) is 8.84. The van der Waals surface area contributed by atoms with Crippen LogP contribution in [0.15, 0.2) is 10.2 Å². The number of rotatable bonds is 8. The Bertz CT molecular complexity index is 448. The van der Waals surface area contributed by atoms with Gasteiger partial charge in [-0.25, -0.2) is 0 Å². The van der Waals surface area contributed by atoms with Gasteiger partial charge in [0.25, 0.3) is 10.1 Å². The predicted molar refractivity (Wildman–Crippen MR) is 85.2 cm³/mol. The quantitative estimate of drug-likeness (QED) is 0.231. The third kappa shape index (κ3) is 29.2. The summed E-state index contributed by atoms with van der Waals surface area (Å²) in [6.07, 6.45) is 4.50. The van der Waals surface area contributed by atoms with Crippen molar-refractivity contribution in [2.45, 2.75) is 25.7 Å². The monoisotopic (exact) mass is 352 g/mol. The van der Waals surface area contributed by atoms with Crippen LogP contribution in [-0.2, 0) is 19.0 Å². The van der Waals surface area contributed by atoms with E-state index in [1.165, 1.54) is 12.8 Å². The zero-order valence-corrected chi connectivity index (χ0v) is 14.1. The van der Waals surface area contributed by atoms with Gasteiger partial charge in [-0.15, -0.1) is 0 Å². The molecular formula is C11H24N6O5S. The summed E-state index contributed by atoms with van der Waals surface area (Å²) in [5.41, 5.74) is 15.5. The van der Waals surface area contributed by atoms with Crippen LogP contribution in [0.4, 0.5) is 0 Å². The van der Waals surface area contributed by atoms with Gasteiger partial charge in [0.05, 0.1) is 12.9 Å². The molecule has 0 aromatic heterocycles. The molecule has 0 radical (unpaired) electrons. The van der Waals surface area contributed by atoms with Crippen molar-refractivity contribution in [1.82, 2.24) is 0 Å². The molecule has 12 heteroatoms. The standard InChI is InChI=1S/C4H9N3O3S.C4H8O.C3H7N3O/c1-11(8,9)10-4-2-3-6-7-5;1-2-4-5-3-1;4-6-5-2-1-3-7/h2-4H2,1H3;1-4H2;7H,1-3H2. The largest absolute Gasteiger partial charge is 0.396 e. The molecule has 134 valence electrons. The molecule has 1 rings (SSSR count). The third-order valence-electron chi connectivity index (χ3n) is 2.07. The highest BCUT2D eigenvalue weighted by molar-refractivity contribution is 7.85. The topological polar surface area (TPSA) is 170 Å². The van der Waals surface area contributed by atoms with Gasteiger partial charge in [0.2, 0.25) is 0 Å². The lowest BCUT2D eigenvalue weighted by molar-refractivity contribution is 0.198. The van der Waals surface area contributed by atoms with E-state index in [2.05, 4.69) is 24.2 Å². The Balaban J connectivity index is 0. The Kier molecular flexibility index (Phi) is 19.1. The number of aliphatic hydroxyl groups is 1. The summed E-state index contributed by atoms with van der Waals surface area (Å²) in [4.78, 5) is 4.98. The summed E-state index contributed by atoms with van der Waals surface area (Å²) >= 11 is 0. The molecule has 1 N–H and O–H groups in total. The predicted octanol–water partition coefficient (Wildman–Crippen LogP) is 2.14. The normalized spacial score (nSPS) is 12.6. The second-order valence-electron chi connectivity index (χ2n) is 4.19. The SMILES string of the molecule is C1CCOC1.CS(=O)(=O)OCCCN=[N+]=[N-].[N-]=[N+]=NCCCO. The maximum atomic E-state index is 10.3. The van der Waals surface area contributed by atoms with E-state index in [4.69, 9.17) is 20.9 Å². The van der Waals surface area contributed by atoms with Crippen LogP contribution in [0.2, 0.25) is 0 Å². The highest BCUT2D eigenvalue weighted by Gasteiger charge is 1.98. The van der Waals surface area contributed by atoms with Gasteiger partial charge in [0, 0.05) is 42.7 Å². The molecule has 0 aliphatic carbocycles. The van der Waals surface area contributed by atoms with Crippen molar-refractivity contribution >= 4 is 10.1 Å². The Labute approximate surface area is 136 Å². The van der Waals surface area contributed by atoms with Crippen LogP contribution in [0, 0.1) is 0 Å². The maximum Gasteiger partial charge on any atom is 0.264 e. The molecule has 1 aliphatic rings. The van der Waals surface area contributed by atoms with Gasteiger partial charge in [0.15, 0.2) is 0 Å². The molecule has 1 fully saturated rings. The van der Waals surface area contributed by atoms with Gasteiger partial charge in [-0.05, 0) is 36.7 Å². The van der Waals surface area contributed by atoms with E-state index >= 15 is 0 Å². The van der Waals surface area contributed by atoms with E-state index in [0.29, 0.717) is 19.4 Å². The van der Waals surface area contributed by atoms with Crippen LogP contribution < -0.4 is 0 Å². The smallest absolute Gasteiger partial charge is 0.264 e. The van der Waals surface area contributed by atoms with Gasteiger partial charge in [-0.3, -0.25) is 4.18 Å². The molecule has 11 nitrogen and oxygen atoms in total. The lowest BCUT2D eigenvalue weighted by atomic mass is 10.4.